The van der Waals surface area contributed by atoms with Gasteiger partial charge in [-0.25, -0.2) is 4.79 Å². The summed E-state index contributed by atoms with van der Waals surface area (Å²) in [4.78, 5) is 10.8. The topological polar surface area (TPSA) is 46.5 Å². The Bertz CT molecular complexity index is 464. The second-order valence-corrected chi connectivity index (χ2v) is 9.19. The molecule has 0 bridgehead atoms. The van der Waals surface area contributed by atoms with Gasteiger partial charge in [0.15, 0.2) is 0 Å². The van der Waals surface area contributed by atoms with Crippen molar-refractivity contribution in [3.05, 3.63) is 29.3 Å². The first kappa shape index (κ1) is 14.6. The number of alkyl halides is 3. The van der Waals surface area contributed by atoms with Gasteiger partial charge in [-0.2, -0.15) is 13.2 Å². The van der Waals surface area contributed by atoms with Crippen LogP contribution in [0.5, 0.6) is 5.75 Å². The van der Waals surface area contributed by atoms with Crippen molar-refractivity contribution in [3.8, 4) is 5.75 Å². The van der Waals surface area contributed by atoms with Gasteiger partial charge in [-0.1, -0.05) is 0 Å². The van der Waals surface area contributed by atoms with Crippen LogP contribution in [0.15, 0.2) is 18.2 Å². The molecule has 0 unspecified atom stereocenters. The lowest BCUT2D eigenvalue weighted by atomic mass is 10.1. The van der Waals surface area contributed by atoms with Crippen LogP contribution in [0.4, 0.5) is 13.2 Å². The van der Waals surface area contributed by atoms with E-state index in [0.29, 0.717) is 6.07 Å². The molecule has 0 atom stereocenters. The van der Waals surface area contributed by atoms with E-state index in [1.165, 1.54) is 0 Å². The standard InChI is InChI=1S/C11H13F3O3Si/c1-18(2,3)17-9-5-7(10(15)16)4-8(6-9)11(12,13)14/h4-6H,1-3H3,(H,15,16). The van der Waals surface area contributed by atoms with Crippen LogP contribution < -0.4 is 4.43 Å². The van der Waals surface area contributed by atoms with E-state index in [9.17, 15) is 18.0 Å². The minimum absolute atomic E-state index is 0.0543. The predicted molar refractivity (Wildman–Crippen MR) is 62.4 cm³/mol. The van der Waals surface area contributed by atoms with Gasteiger partial charge in [-0.15, -0.1) is 0 Å². The van der Waals surface area contributed by atoms with Crippen molar-refractivity contribution < 1.29 is 27.5 Å². The lowest BCUT2D eigenvalue weighted by molar-refractivity contribution is -0.137. The van der Waals surface area contributed by atoms with Gasteiger partial charge >= 0.3 is 12.1 Å². The van der Waals surface area contributed by atoms with Gasteiger partial charge in [0.25, 0.3) is 0 Å². The number of benzene rings is 1. The van der Waals surface area contributed by atoms with Crippen LogP contribution in [-0.2, 0) is 6.18 Å². The molecule has 0 saturated carbocycles. The van der Waals surface area contributed by atoms with E-state index in [2.05, 4.69) is 0 Å². The van der Waals surface area contributed by atoms with Gasteiger partial charge < -0.3 is 9.53 Å². The third-order valence-corrected chi connectivity index (χ3v) is 2.75. The minimum Gasteiger partial charge on any atom is -0.544 e. The van der Waals surface area contributed by atoms with Crippen molar-refractivity contribution in [2.75, 3.05) is 0 Å². The van der Waals surface area contributed by atoms with Crippen LogP contribution in [0, 0.1) is 0 Å². The Morgan fingerprint density at radius 1 is 1.22 bits per heavy atom. The molecule has 0 heterocycles. The Balaban J connectivity index is 3.27. The summed E-state index contributed by atoms with van der Waals surface area (Å²) in [5.41, 5.74) is -1.45. The van der Waals surface area contributed by atoms with Gasteiger partial charge in [0.1, 0.15) is 5.75 Å². The lowest BCUT2D eigenvalue weighted by Crippen LogP contribution is -2.29. The molecular formula is C11H13F3O3Si. The number of carboxylic acid groups (broad SMARTS) is 1. The summed E-state index contributed by atoms with van der Waals surface area (Å²) in [6.45, 7) is 5.40. The molecule has 0 spiro atoms. The number of carbonyl (C=O) groups is 1. The highest BCUT2D eigenvalue weighted by molar-refractivity contribution is 6.70. The Hall–Kier alpha value is -1.50. The lowest BCUT2D eigenvalue weighted by Gasteiger charge is -2.20. The Labute approximate surface area is 103 Å². The fraction of sp³-hybridized carbons (Fsp3) is 0.364. The Kier molecular flexibility index (Phi) is 3.75. The van der Waals surface area contributed by atoms with E-state index in [1.54, 1.807) is 19.6 Å². The first-order valence-corrected chi connectivity index (χ1v) is 8.54. The van der Waals surface area contributed by atoms with E-state index >= 15 is 0 Å². The number of hydrogen-bond donors (Lipinski definition) is 1. The summed E-state index contributed by atoms with van der Waals surface area (Å²) in [6.07, 6.45) is -4.59. The van der Waals surface area contributed by atoms with Crippen LogP contribution in [0.3, 0.4) is 0 Å². The number of halogens is 3. The molecule has 7 heteroatoms. The van der Waals surface area contributed by atoms with Crippen LogP contribution in [0.25, 0.3) is 0 Å². The normalized spacial score (nSPS) is 12.3. The maximum atomic E-state index is 12.6. The van der Waals surface area contributed by atoms with Crippen molar-refractivity contribution in [1.29, 1.82) is 0 Å². The smallest absolute Gasteiger partial charge is 0.416 e. The molecule has 0 aliphatic heterocycles. The first-order valence-electron chi connectivity index (χ1n) is 5.13. The molecule has 0 aromatic heterocycles. The maximum absolute atomic E-state index is 12.6. The van der Waals surface area contributed by atoms with Crippen LogP contribution in [0.1, 0.15) is 15.9 Å². The third-order valence-electron chi connectivity index (χ3n) is 1.90. The van der Waals surface area contributed by atoms with Gasteiger partial charge in [0, 0.05) is 0 Å². The molecule has 1 N–H and O–H groups in total. The fourth-order valence-electron chi connectivity index (χ4n) is 1.30. The van der Waals surface area contributed by atoms with Crippen LogP contribution in [0.2, 0.25) is 19.6 Å². The summed E-state index contributed by atoms with van der Waals surface area (Å²) in [6, 6.07) is 2.53. The Morgan fingerprint density at radius 2 is 1.78 bits per heavy atom. The second kappa shape index (κ2) is 4.64. The SMILES string of the molecule is C[Si](C)(C)Oc1cc(C(=O)O)cc(C(F)(F)F)c1. The van der Waals surface area contributed by atoms with Crippen LogP contribution >= 0.6 is 0 Å². The minimum atomic E-state index is -4.59. The fourth-order valence-corrected chi connectivity index (χ4v) is 2.12. The molecule has 0 aliphatic rings. The number of aromatic carboxylic acids is 1. The molecule has 18 heavy (non-hydrogen) atoms. The van der Waals surface area contributed by atoms with Crippen molar-refractivity contribution in [2.45, 2.75) is 25.8 Å². The molecule has 0 amide bonds. The average Bonchev–Trinajstić information content (AvgIpc) is 2.12. The molecule has 0 radical (unpaired) electrons. The van der Waals surface area contributed by atoms with Crippen LogP contribution in [-0.4, -0.2) is 19.4 Å². The van der Waals surface area contributed by atoms with Gasteiger partial charge in [-0.3, -0.25) is 0 Å². The molecule has 3 nitrogen and oxygen atoms in total. The molecule has 1 aromatic carbocycles. The number of hydrogen-bond acceptors (Lipinski definition) is 2. The summed E-state index contributed by atoms with van der Waals surface area (Å²) >= 11 is 0. The highest BCUT2D eigenvalue weighted by atomic mass is 28.4. The zero-order valence-corrected chi connectivity index (χ0v) is 11.1. The number of carboxylic acids is 1. The van der Waals surface area contributed by atoms with Gasteiger partial charge in [-0.05, 0) is 37.8 Å². The molecule has 1 aromatic rings. The summed E-state index contributed by atoms with van der Waals surface area (Å²) in [5, 5.41) is 8.79. The number of rotatable bonds is 3. The summed E-state index contributed by atoms with van der Waals surface area (Å²) in [7, 11) is -2.10. The maximum Gasteiger partial charge on any atom is 0.416 e. The Morgan fingerprint density at radius 3 is 2.17 bits per heavy atom. The van der Waals surface area contributed by atoms with E-state index in [1.807, 2.05) is 0 Å². The molecule has 0 saturated heterocycles. The van der Waals surface area contributed by atoms with Gasteiger partial charge in [0.05, 0.1) is 11.1 Å². The first-order chi connectivity index (χ1) is 7.99. The third kappa shape index (κ3) is 4.06. The zero-order valence-electron chi connectivity index (χ0n) is 10.1. The van der Waals surface area contributed by atoms with Crippen molar-refractivity contribution in [2.24, 2.45) is 0 Å². The van der Waals surface area contributed by atoms with Gasteiger partial charge in [0.2, 0.25) is 8.32 Å². The predicted octanol–water partition coefficient (Wildman–Crippen LogP) is 3.62. The van der Waals surface area contributed by atoms with Crippen molar-refractivity contribution >= 4 is 14.3 Å². The molecule has 0 aliphatic carbocycles. The molecular weight excluding hydrogens is 265 g/mol. The highest BCUT2D eigenvalue weighted by Gasteiger charge is 2.32. The van der Waals surface area contributed by atoms with E-state index in [4.69, 9.17) is 9.53 Å². The second-order valence-electron chi connectivity index (χ2n) is 4.76. The highest BCUT2D eigenvalue weighted by Crippen LogP contribution is 2.33. The largest absolute Gasteiger partial charge is 0.544 e. The summed E-state index contributed by atoms with van der Waals surface area (Å²) < 4.78 is 43.2. The summed E-state index contributed by atoms with van der Waals surface area (Å²) in [5.74, 6) is -1.47. The monoisotopic (exact) mass is 278 g/mol. The van der Waals surface area contributed by atoms with E-state index < -0.39 is 31.6 Å². The molecule has 100 valence electrons. The quantitative estimate of drug-likeness (QED) is 0.859. The van der Waals surface area contributed by atoms with E-state index in [0.717, 1.165) is 12.1 Å². The van der Waals surface area contributed by atoms with E-state index in [-0.39, 0.29) is 5.75 Å². The van der Waals surface area contributed by atoms with Crippen molar-refractivity contribution in [3.63, 3.8) is 0 Å². The molecule has 1 rings (SSSR count). The molecule has 0 fully saturated rings. The van der Waals surface area contributed by atoms with Crippen molar-refractivity contribution in [1.82, 2.24) is 0 Å². The zero-order chi connectivity index (χ0) is 14.1. The average molecular weight is 278 g/mol.